The van der Waals surface area contributed by atoms with Crippen LogP contribution in [-0.2, 0) is 4.74 Å². The van der Waals surface area contributed by atoms with Crippen LogP contribution in [0, 0.1) is 12.8 Å². The third kappa shape index (κ3) is 3.99. The molecule has 0 amide bonds. The Kier molecular flexibility index (Phi) is 5.09. The monoisotopic (exact) mass is 276 g/mol. The Morgan fingerprint density at radius 3 is 2.50 bits per heavy atom. The lowest BCUT2D eigenvalue weighted by molar-refractivity contribution is 0.271. The largest absolute Gasteiger partial charge is 0.493 e. The first-order valence-corrected chi connectivity index (χ1v) is 7.90. The zero-order valence-electron chi connectivity index (χ0n) is 13.5. The van der Waals surface area contributed by atoms with Gasteiger partial charge in [-0.3, -0.25) is 0 Å². The molecule has 0 bridgehead atoms. The van der Waals surface area contributed by atoms with Gasteiger partial charge in [0, 0.05) is 0 Å². The van der Waals surface area contributed by atoms with Crippen LogP contribution < -0.4 is 4.74 Å². The molecule has 1 aliphatic rings. The first-order valence-electron chi connectivity index (χ1n) is 7.90. The van der Waals surface area contributed by atoms with E-state index in [-0.39, 0.29) is 0 Å². The second-order valence-electron chi connectivity index (χ2n) is 6.48. The molecule has 0 saturated carbocycles. The van der Waals surface area contributed by atoms with Gasteiger partial charge in [0.05, 0.1) is 18.8 Å². The smallest absolute Gasteiger partial charge is 0.119 e. The minimum atomic E-state index is 0.478. The molecule has 0 radical (unpaired) electrons. The zero-order valence-corrected chi connectivity index (χ0v) is 13.5. The summed E-state index contributed by atoms with van der Waals surface area (Å²) in [5.74, 6) is 2.10. The summed E-state index contributed by atoms with van der Waals surface area (Å²) in [5, 5.41) is 0. The first-order chi connectivity index (χ1) is 9.51. The lowest BCUT2D eigenvalue weighted by Crippen LogP contribution is -2.06. The number of aryl methyl sites for hydroxylation is 1. The molecule has 0 spiro atoms. The van der Waals surface area contributed by atoms with Crippen LogP contribution in [0.1, 0.15) is 57.6 Å². The average Bonchev–Trinajstić information content (AvgIpc) is 3.14. The van der Waals surface area contributed by atoms with Crippen molar-refractivity contribution in [2.45, 2.75) is 65.6 Å². The number of hydrogen-bond donors (Lipinski definition) is 0. The molecule has 1 saturated heterocycles. The summed E-state index contributed by atoms with van der Waals surface area (Å²) in [6, 6.07) is 6.49. The Bertz CT molecular complexity index is 439. The standard InChI is InChI=1S/C18H28O2/c1-6-17-18(20-17)10-14(5)16-8-7-15(9-13(16)4)19-11-12(2)3/h7-9,12,14,17-18H,6,10-11H2,1-5H3. The van der Waals surface area contributed by atoms with E-state index in [0.29, 0.717) is 24.0 Å². The van der Waals surface area contributed by atoms with E-state index in [4.69, 9.17) is 9.47 Å². The highest BCUT2D eigenvalue weighted by molar-refractivity contribution is 5.36. The van der Waals surface area contributed by atoms with Gasteiger partial charge < -0.3 is 9.47 Å². The minimum Gasteiger partial charge on any atom is -0.493 e. The summed E-state index contributed by atoms with van der Waals surface area (Å²) in [6.45, 7) is 11.8. The molecular formula is C18H28O2. The SMILES string of the molecule is CCC1OC1CC(C)c1ccc(OCC(C)C)cc1C. The maximum Gasteiger partial charge on any atom is 0.119 e. The van der Waals surface area contributed by atoms with E-state index < -0.39 is 0 Å². The number of epoxide rings is 1. The molecule has 0 N–H and O–H groups in total. The van der Waals surface area contributed by atoms with Crippen LogP contribution >= 0.6 is 0 Å². The van der Waals surface area contributed by atoms with Gasteiger partial charge >= 0.3 is 0 Å². The Morgan fingerprint density at radius 1 is 1.20 bits per heavy atom. The predicted molar refractivity (Wildman–Crippen MR) is 83.5 cm³/mol. The van der Waals surface area contributed by atoms with Crippen molar-refractivity contribution in [1.82, 2.24) is 0 Å². The quantitative estimate of drug-likeness (QED) is 0.673. The Morgan fingerprint density at radius 2 is 1.95 bits per heavy atom. The van der Waals surface area contributed by atoms with Crippen molar-refractivity contribution in [2.24, 2.45) is 5.92 Å². The van der Waals surface area contributed by atoms with Crippen molar-refractivity contribution in [3.63, 3.8) is 0 Å². The van der Waals surface area contributed by atoms with Gasteiger partial charge in [0.2, 0.25) is 0 Å². The maximum absolute atomic E-state index is 5.79. The molecule has 0 aromatic heterocycles. The van der Waals surface area contributed by atoms with Crippen LogP contribution in [-0.4, -0.2) is 18.8 Å². The van der Waals surface area contributed by atoms with Crippen molar-refractivity contribution in [3.8, 4) is 5.75 Å². The highest BCUT2D eigenvalue weighted by atomic mass is 16.6. The molecule has 2 nitrogen and oxygen atoms in total. The summed E-state index contributed by atoms with van der Waals surface area (Å²) < 4.78 is 11.4. The number of benzene rings is 1. The maximum atomic E-state index is 5.79. The summed E-state index contributed by atoms with van der Waals surface area (Å²) in [4.78, 5) is 0. The van der Waals surface area contributed by atoms with E-state index in [1.54, 1.807) is 0 Å². The van der Waals surface area contributed by atoms with Crippen LogP contribution in [0.3, 0.4) is 0 Å². The van der Waals surface area contributed by atoms with Crippen LogP contribution in [0.2, 0.25) is 0 Å². The zero-order chi connectivity index (χ0) is 14.7. The molecule has 1 aromatic rings. The summed E-state index contributed by atoms with van der Waals surface area (Å²) >= 11 is 0. The molecule has 1 fully saturated rings. The molecule has 3 unspecified atom stereocenters. The van der Waals surface area contributed by atoms with Gasteiger partial charge in [-0.15, -0.1) is 0 Å². The van der Waals surface area contributed by atoms with Gasteiger partial charge in [-0.05, 0) is 54.9 Å². The fourth-order valence-corrected chi connectivity index (χ4v) is 2.77. The van der Waals surface area contributed by atoms with Gasteiger partial charge in [0.1, 0.15) is 5.75 Å². The van der Waals surface area contributed by atoms with E-state index in [2.05, 4.69) is 52.8 Å². The topological polar surface area (TPSA) is 21.8 Å². The molecule has 1 aliphatic heterocycles. The Hall–Kier alpha value is -1.02. The van der Waals surface area contributed by atoms with Crippen LogP contribution in [0.5, 0.6) is 5.75 Å². The highest BCUT2D eigenvalue weighted by Gasteiger charge is 2.37. The van der Waals surface area contributed by atoms with E-state index >= 15 is 0 Å². The Labute approximate surface area is 123 Å². The van der Waals surface area contributed by atoms with Crippen molar-refractivity contribution in [2.75, 3.05) is 6.61 Å². The number of rotatable bonds is 7. The Balaban J connectivity index is 1.94. The van der Waals surface area contributed by atoms with Crippen LogP contribution in [0.4, 0.5) is 0 Å². The molecule has 20 heavy (non-hydrogen) atoms. The second-order valence-corrected chi connectivity index (χ2v) is 6.48. The molecule has 2 heteroatoms. The molecule has 0 aliphatic carbocycles. The van der Waals surface area contributed by atoms with E-state index in [9.17, 15) is 0 Å². The third-order valence-corrected chi connectivity index (χ3v) is 4.03. The lowest BCUT2D eigenvalue weighted by atomic mass is 9.91. The molecule has 1 aromatic carbocycles. The second kappa shape index (κ2) is 6.62. The first kappa shape index (κ1) is 15.4. The fraction of sp³-hybridized carbons (Fsp3) is 0.667. The van der Waals surface area contributed by atoms with Gasteiger partial charge in [-0.1, -0.05) is 33.8 Å². The molecule has 3 atom stereocenters. The lowest BCUT2D eigenvalue weighted by Gasteiger charge is -2.16. The van der Waals surface area contributed by atoms with Crippen molar-refractivity contribution >= 4 is 0 Å². The molecule has 1 heterocycles. The van der Waals surface area contributed by atoms with Gasteiger partial charge in [0.25, 0.3) is 0 Å². The number of hydrogen-bond acceptors (Lipinski definition) is 2. The van der Waals surface area contributed by atoms with Crippen molar-refractivity contribution in [3.05, 3.63) is 29.3 Å². The van der Waals surface area contributed by atoms with Crippen LogP contribution in [0.25, 0.3) is 0 Å². The van der Waals surface area contributed by atoms with Gasteiger partial charge in [-0.25, -0.2) is 0 Å². The average molecular weight is 276 g/mol. The van der Waals surface area contributed by atoms with E-state index in [1.807, 2.05) is 0 Å². The summed E-state index contributed by atoms with van der Waals surface area (Å²) in [7, 11) is 0. The van der Waals surface area contributed by atoms with E-state index in [1.165, 1.54) is 11.1 Å². The van der Waals surface area contributed by atoms with Gasteiger partial charge in [-0.2, -0.15) is 0 Å². The summed E-state index contributed by atoms with van der Waals surface area (Å²) in [6.07, 6.45) is 3.25. The third-order valence-electron chi connectivity index (χ3n) is 4.03. The molecule has 112 valence electrons. The van der Waals surface area contributed by atoms with Crippen molar-refractivity contribution in [1.29, 1.82) is 0 Å². The summed E-state index contributed by atoms with van der Waals surface area (Å²) in [5.41, 5.74) is 2.75. The van der Waals surface area contributed by atoms with Crippen LogP contribution in [0.15, 0.2) is 18.2 Å². The van der Waals surface area contributed by atoms with Gasteiger partial charge in [0.15, 0.2) is 0 Å². The van der Waals surface area contributed by atoms with Crippen molar-refractivity contribution < 1.29 is 9.47 Å². The minimum absolute atomic E-state index is 0.478. The molecular weight excluding hydrogens is 248 g/mol. The normalized spacial score (nSPS) is 22.9. The molecule has 2 rings (SSSR count). The van der Waals surface area contributed by atoms with E-state index in [0.717, 1.165) is 25.2 Å². The predicted octanol–water partition coefficient (Wildman–Crippen LogP) is 4.70. The number of ether oxygens (including phenoxy) is 2. The fourth-order valence-electron chi connectivity index (χ4n) is 2.77. The highest BCUT2D eigenvalue weighted by Crippen LogP contribution is 2.35.